The van der Waals surface area contributed by atoms with Gasteiger partial charge in [0.2, 0.25) is 0 Å². The van der Waals surface area contributed by atoms with Gasteiger partial charge in [0.05, 0.1) is 11.5 Å². The van der Waals surface area contributed by atoms with E-state index in [0.717, 1.165) is 17.9 Å². The molecule has 0 amide bonds. The molecule has 1 aromatic rings. The normalized spacial score (nSPS) is 21.4. The number of thiophene rings is 1. The highest BCUT2D eigenvalue weighted by molar-refractivity contribution is 7.14. The van der Waals surface area contributed by atoms with Crippen molar-refractivity contribution >= 4 is 17.1 Å². The van der Waals surface area contributed by atoms with Gasteiger partial charge in [0.1, 0.15) is 0 Å². The smallest absolute Gasteiger partial charge is 0.178 e. The Hall–Kier alpha value is -0.670. The number of rotatable bonds is 2. The maximum absolute atomic E-state index is 11.9. The van der Waals surface area contributed by atoms with Crippen molar-refractivity contribution in [3.05, 3.63) is 21.4 Å². The topological polar surface area (TPSA) is 26.3 Å². The van der Waals surface area contributed by atoms with Crippen molar-refractivity contribution < 1.29 is 9.53 Å². The van der Waals surface area contributed by atoms with Gasteiger partial charge in [0.25, 0.3) is 0 Å². The molecule has 0 bridgehead atoms. The van der Waals surface area contributed by atoms with Gasteiger partial charge in [-0.3, -0.25) is 4.79 Å². The predicted octanol–water partition coefficient (Wildman–Crippen LogP) is 2.58. The Bertz CT molecular complexity index is 329. The van der Waals surface area contributed by atoms with Crippen LogP contribution in [0.2, 0.25) is 0 Å². The summed E-state index contributed by atoms with van der Waals surface area (Å²) in [5.41, 5.74) is 1.22. The molecule has 1 aliphatic heterocycles. The van der Waals surface area contributed by atoms with Crippen molar-refractivity contribution in [1.29, 1.82) is 0 Å². The monoisotopic (exact) mass is 210 g/mol. The molecule has 1 unspecified atom stereocenters. The summed E-state index contributed by atoms with van der Waals surface area (Å²) in [5.74, 6) is 0.371. The molecule has 2 rings (SSSR count). The third-order valence-corrected chi connectivity index (χ3v) is 3.88. The van der Waals surface area contributed by atoms with E-state index in [0.29, 0.717) is 6.61 Å². The number of hydrogen-bond donors (Lipinski definition) is 0. The summed E-state index contributed by atoms with van der Waals surface area (Å²) in [7, 11) is 0. The van der Waals surface area contributed by atoms with Crippen LogP contribution in [-0.4, -0.2) is 19.0 Å². The van der Waals surface area contributed by atoms with Gasteiger partial charge in [-0.05, 0) is 31.9 Å². The van der Waals surface area contributed by atoms with Gasteiger partial charge in [0.15, 0.2) is 5.78 Å². The summed E-state index contributed by atoms with van der Waals surface area (Å²) >= 11 is 1.60. The molecule has 1 aromatic heterocycles. The van der Waals surface area contributed by atoms with Gasteiger partial charge in [0, 0.05) is 17.4 Å². The summed E-state index contributed by atoms with van der Waals surface area (Å²) in [6.07, 6.45) is 0.884. The minimum Gasteiger partial charge on any atom is -0.381 e. The average Bonchev–Trinajstić information content (AvgIpc) is 2.76. The lowest BCUT2D eigenvalue weighted by Crippen LogP contribution is -2.12. The summed E-state index contributed by atoms with van der Waals surface area (Å²) < 4.78 is 5.22. The first-order valence-corrected chi connectivity index (χ1v) is 5.69. The number of carbonyl (C=O) groups is 1. The van der Waals surface area contributed by atoms with E-state index >= 15 is 0 Å². The Morgan fingerprint density at radius 3 is 2.86 bits per heavy atom. The molecule has 0 saturated carbocycles. The highest BCUT2D eigenvalue weighted by Crippen LogP contribution is 2.26. The highest BCUT2D eigenvalue weighted by atomic mass is 32.1. The van der Waals surface area contributed by atoms with Gasteiger partial charge < -0.3 is 4.74 Å². The molecular formula is C11H14O2S. The fourth-order valence-electron chi connectivity index (χ4n) is 1.64. The molecule has 1 atom stereocenters. The summed E-state index contributed by atoms with van der Waals surface area (Å²) in [6.45, 7) is 5.45. The molecule has 76 valence electrons. The van der Waals surface area contributed by atoms with Gasteiger partial charge in [-0.15, -0.1) is 11.3 Å². The average molecular weight is 210 g/mol. The van der Waals surface area contributed by atoms with E-state index in [1.165, 1.54) is 10.4 Å². The molecule has 0 spiro atoms. The lowest BCUT2D eigenvalue weighted by Gasteiger charge is -2.02. The Morgan fingerprint density at radius 2 is 2.36 bits per heavy atom. The predicted molar refractivity (Wildman–Crippen MR) is 57.0 cm³/mol. The molecule has 2 heterocycles. The van der Waals surface area contributed by atoms with Crippen molar-refractivity contribution in [3.63, 3.8) is 0 Å². The number of ether oxygens (including phenoxy) is 1. The molecule has 0 aliphatic carbocycles. The van der Waals surface area contributed by atoms with Crippen LogP contribution in [0.4, 0.5) is 0 Å². The molecular weight excluding hydrogens is 196 g/mol. The second kappa shape index (κ2) is 3.83. The second-order valence-corrected chi connectivity index (χ2v) is 5.03. The van der Waals surface area contributed by atoms with Gasteiger partial charge in [-0.1, -0.05) is 0 Å². The Morgan fingerprint density at radius 1 is 1.57 bits per heavy atom. The van der Waals surface area contributed by atoms with Crippen LogP contribution in [0.1, 0.15) is 26.5 Å². The number of Topliss-reactive ketones (excluding diaryl/α,β-unsaturated/α-hetero) is 1. The first-order chi connectivity index (χ1) is 6.68. The summed E-state index contributed by atoms with van der Waals surface area (Å²) in [6, 6.07) is 2.00. The quantitative estimate of drug-likeness (QED) is 0.701. The van der Waals surface area contributed by atoms with E-state index in [-0.39, 0.29) is 11.7 Å². The van der Waals surface area contributed by atoms with Crippen LogP contribution in [0.15, 0.2) is 6.07 Å². The first-order valence-electron chi connectivity index (χ1n) is 4.87. The van der Waals surface area contributed by atoms with Crippen LogP contribution < -0.4 is 0 Å². The molecule has 0 radical (unpaired) electrons. The molecule has 1 aliphatic rings. The fourth-order valence-corrected chi connectivity index (χ4v) is 2.69. The van der Waals surface area contributed by atoms with Crippen molar-refractivity contribution in [2.24, 2.45) is 5.92 Å². The number of carbonyl (C=O) groups excluding carboxylic acids is 1. The minimum atomic E-state index is 0.104. The highest BCUT2D eigenvalue weighted by Gasteiger charge is 2.25. The molecule has 1 saturated heterocycles. The maximum Gasteiger partial charge on any atom is 0.178 e. The van der Waals surface area contributed by atoms with E-state index in [9.17, 15) is 4.79 Å². The second-order valence-electron chi connectivity index (χ2n) is 3.77. The summed E-state index contributed by atoms with van der Waals surface area (Å²) in [5, 5.41) is 0. The molecule has 2 nitrogen and oxygen atoms in total. The largest absolute Gasteiger partial charge is 0.381 e. The summed E-state index contributed by atoms with van der Waals surface area (Å²) in [4.78, 5) is 14.1. The Kier molecular flexibility index (Phi) is 2.70. The zero-order valence-electron chi connectivity index (χ0n) is 8.50. The van der Waals surface area contributed by atoms with Gasteiger partial charge in [-0.2, -0.15) is 0 Å². The van der Waals surface area contributed by atoms with Crippen molar-refractivity contribution in [1.82, 2.24) is 0 Å². The lowest BCUT2D eigenvalue weighted by molar-refractivity contribution is 0.0904. The first kappa shape index (κ1) is 9.87. The van der Waals surface area contributed by atoms with Crippen LogP contribution in [0.25, 0.3) is 0 Å². The SMILES string of the molecule is Cc1cc(C(=O)C2CCOC2)sc1C. The molecule has 14 heavy (non-hydrogen) atoms. The van der Waals surface area contributed by atoms with Crippen molar-refractivity contribution in [2.75, 3.05) is 13.2 Å². The number of aryl methyl sites for hydroxylation is 2. The lowest BCUT2D eigenvalue weighted by atomic mass is 10.0. The van der Waals surface area contributed by atoms with Crippen LogP contribution in [0, 0.1) is 19.8 Å². The van der Waals surface area contributed by atoms with Crippen LogP contribution >= 0.6 is 11.3 Å². The van der Waals surface area contributed by atoms with Crippen molar-refractivity contribution in [2.45, 2.75) is 20.3 Å². The van der Waals surface area contributed by atoms with Crippen molar-refractivity contribution in [3.8, 4) is 0 Å². The molecule has 0 aromatic carbocycles. The minimum absolute atomic E-state index is 0.104. The third kappa shape index (κ3) is 1.74. The van der Waals surface area contributed by atoms with Crippen LogP contribution in [0.5, 0.6) is 0 Å². The number of hydrogen-bond acceptors (Lipinski definition) is 3. The van der Waals surface area contributed by atoms with E-state index in [1.807, 2.05) is 13.0 Å². The van der Waals surface area contributed by atoms with E-state index in [4.69, 9.17) is 4.74 Å². The zero-order chi connectivity index (χ0) is 10.1. The third-order valence-electron chi connectivity index (χ3n) is 2.71. The number of ketones is 1. The van der Waals surface area contributed by atoms with Gasteiger partial charge in [-0.25, -0.2) is 0 Å². The standard InChI is InChI=1S/C11H14O2S/c1-7-5-10(14-8(7)2)11(12)9-3-4-13-6-9/h5,9H,3-4,6H2,1-2H3. The fraction of sp³-hybridized carbons (Fsp3) is 0.545. The zero-order valence-corrected chi connectivity index (χ0v) is 9.32. The van der Waals surface area contributed by atoms with E-state index < -0.39 is 0 Å². The Labute approximate surface area is 87.9 Å². The molecule has 0 N–H and O–H groups in total. The van der Waals surface area contributed by atoms with E-state index in [2.05, 4.69) is 6.92 Å². The maximum atomic E-state index is 11.9. The molecule has 3 heteroatoms. The molecule has 1 fully saturated rings. The van der Waals surface area contributed by atoms with E-state index in [1.54, 1.807) is 11.3 Å². The Balaban J connectivity index is 2.18. The van der Waals surface area contributed by atoms with Gasteiger partial charge >= 0.3 is 0 Å². The van der Waals surface area contributed by atoms with Crippen LogP contribution in [-0.2, 0) is 4.74 Å². The van der Waals surface area contributed by atoms with Crippen LogP contribution in [0.3, 0.4) is 0 Å².